The van der Waals surface area contributed by atoms with Gasteiger partial charge in [0.25, 0.3) is 0 Å². The van der Waals surface area contributed by atoms with Gasteiger partial charge in [0.05, 0.1) is 0 Å². The molecule has 0 saturated carbocycles. The summed E-state index contributed by atoms with van der Waals surface area (Å²) in [5, 5.41) is 0.754. The third kappa shape index (κ3) is 7.19. The summed E-state index contributed by atoms with van der Waals surface area (Å²) in [5.41, 5.74) is 1.10. The molecule has 0 heterocycles. The second kappa shape index (κ2) is 9.32. The Morgan fingerprint density at radius 1 is 1.07 bits per heavy atom. The van der Waals surface area contributed by atoms with Crippen LogP contribution in [-0.2, 0) is 10.6 Å². The third-order valence-electron chi connectivity index (χ3n) is 1.48. The van der Waals surface area contributed by atoms with Gasteiger partial charge in [0.1, 0.15) is 0 Å². The fourth-order valence-electron chi connectivity index (χ4n) is 0.778. The highest BCUT2D eigenvalue weighted by atomic mass is 35.5. The quantitative estimate of drug-likeness (QED) is 0.716. The standard InChI is InChI=1S/C7H6Cl2.C4H10O/c8-5-6-1-3-7(9)4-2-6;1-3-5-4-2/h1-4H,5H2;3-4H2,1-2H3. The second-order valence-corrected chi connectivity index (χ2v) is 3.25. The molecule has 3 heteroatoms. The molecule has 1 aromatic carbocycles. The molecule has 80 valence electrons. The van der Waals surface area contributed by atoms with Gasteiger partial charge in [-0.2, -0.15) is 0 Å². The van der Waals surface area contributed by atoms with Crippen molar-refractivity contribution in [3.8, 4) is 0 Å². The topological polar surface area (TPSA) is 9.23 Å². The number of ether oxygens (including phenoxy) is 1. The van der Waals surface area contributed by atoms with E-state index in [9.17, 15) is 0 Å². The number of rotatable bonds is 3. The molecule has 0 bridgehead atoms. The number of hydrogen-bond acceptors (Lipinski definition) is 1. The largest absolute Gasteiger partial charge is 0.382 e. The van der Waals surface area contributed by atoms with E-state index in [1.54, 1.807) is 0 Å². The number of benzene rings is 1. The zero-order chi connectivity index (χ0) is 10.8. The highest BCUT2D eigenvalue weighted by Crippen LogP contribution is 2.10. The number of halogens is 2. The van der Waals surface area contributed by atoms with E-state index in [4.69, 9.17) is 27.9 Å². The van der Waals surface area contributed by atoms with Gasteiger partial charge in [-0.15, -0.1) is 11.6 Å². The highest BCUT2D eigenvalue weighted by Gasteiger charge is 1.87. The maximum atomic E-state index is 5.63. The summed E-state index contributed by atoms with van der Waals surface area (Å²) in [6.07, 6.45) is 0. The zero-order valence-corrected chi connectivity index (χ0v) is 10.1. The molecule has 0 amide bonds. The SMILES string of the molecule is CCOCC.ClCc1ccc(Cl)cc1. The van der Waals surface area contributed by atoms with Gasteiger partial charge in [0, 0.05) is 24.1 Å². The Bertz CT molecular complexity index is 219. The average Bonchev–Trinajstić information content (AvgIpc) is 2.21. The van der Waals surface area contributed by atoms with E-state index >= 15 is 0 Å². The summed E-state index contributed by atoms with van der Waals surface area (Å²) in [6, 6.07) is 7.49. The molecule has 0 aliphatic carbocycles. The number of hydrogen-bond donors (Lipinski definition) is 0. The summed E-state index contributed by atoms with van der Waals surface area (Å²) in [7, 11) is 0. The summed E-state index contributed by atoms with van der Waals surface area (Å²) < 4.78 is 4.83. The molecule has 0 aliphatic heterocycles. The Hall–Kier alpha value is -0.240. The van der Waals surface area contributed by atoms with Crippen molar-refractivity contribution in [3.63, 3.8) is 0 Å². The third-order valence-corrected chi connectivity index (χ3v) is 2.04. The molecule has 0 N–H and O–H groups in total. The van der Waals surface area contributed by atoms with Gasteiger partial charge in [-0.25, -0.2) is 0 Å². The molecule has 1 aromatic rings. The minimum Gasteiger partial charge on any atom is -0.382 e. The summed E-state index contributed by atoms with van der Waals surface area (Å²) in [6.45, 7) is 5.67. The van der Waals surface area contributed by atoms with Crippen LogP contribution in [0.3, 0.4) is 0 Å². The van der Waals surface area contributed by atoms with Crippen LogP contribution in [0.5, 0.6) is 0 Å². The van der Waals surface area contributed by atoms with Crippen LogP contribution in [0.15, 0.2) is 24.3 Å². The van der Waals surface area contributed by atoms with Crippen molar-refractivity contribution in [2.45, 2.75) is 19.7 Å². The fourth-order valence-corrected chi connectivity index (χ4v) is 1.08. The van der Waals surface area contributed by atoms with Crippen LogP contribution in [0.25, 0.3) is 0 Å². The van der Waals surface area contributed by atoms with Crippen LogP contribution in [0.1, 0.15) is 19.4 Å². The Kier molecular flexibility index (Phi) is 9.16. The van der Waals surface area contributed by atoms with E-state index in [2.05, 4.69) is 0 Å². The van der Waals surface area contributed by atoms with Gasteiger partial charge in [0.15, 0.2) is 0 Å². The van der Waals surface area contributed by atoms with Crippen LogP contribution in [-0.4, -0.2) is 13.2 Å². The Morgan fingerprint density at radius 2 is 1.57 bits per heavy atom. The minimum atomic E-state index is 0.553. The molecule has 0 aromatic heterocycles. The molecule has 0 aliphatic rings. The molecule has 0 radical (unpaired) electrons. The van der Waals surface area contributed by atoms with Crippen LogP contribution in [0.2, 0.25) is 5.02 Å². The predicted molar refractivity (Wildman–Crippen MR) is 63.2 cm³/mol. The van der Waals surface area contributed by atoms with E-state index in [1.807, 2.05) is 38.1 Å². The summed E-state index contributed by atoms with van der Waals surface area (Å²) in [5.74, 6) is 0.553. The van der Waals surface area contributed by atoms with Crippen molar-refractivity contribution in [1.82, 2.24) is 0 Å². The molecule has 0 spiro atoms. The summed E-state index contributed by atoms with van der Waals surface area (Å²) in [4.78, 5) is 0. The van der Waals surface area contributed by atoms with Crippen molar-refractivity contribution in [1.29, 1.82) is 0 Å². The average molecular weight is 235 g/mol. The van der Waals surface area contributed by atoms with E-state index in [0.717, 1.165) is 23.8 Å². The lowest BCUT2D eigenvalue weighted by Gasteiger charge is -1.91. The van der Waals surface area contributed by atoms with Gasteiger partial charge < -0.3 is 4.74 Å². The lowest BCUT2D eigenvalue weighted by Crippen LogP contribution is -1.84. The highest BCUT2D eigenvalue weighted by molar-refractivity contribution is 6.30. The first-order chi connectivity index (χ1) is 6.74. The minimum absolute atomic E-state index is 0.553. The molecule has 0 fully saturated rings. The lowest BCUT2D eigenvalue weighted by atomic mass is 10.2. The van der Waals surface area contributed by atoms with Crippen molar-refractivity contribution < 1.29 is 4.74 Å². The smallest absolute Gasteiger partial charge is 0.0474 e. The second-order valence-electron chi connectivity index (χ2n) is 2.54. The number of alkyl halides is 1. The molecule has 1 nitrogen and oxygen atoms in total. The molecule has 0 unspecified atom stereocenters. The molecule has 14 heavy (non-hydrogen) atoms. The Balaban J connectivity index is 0.000000292. The fraction of sp³-hybridized carbons (Fsp3) is 0.455. The maximum Gasteiger partial charge on any atom is 0.0474 e. The van der Waals surface area contributed by atoms with E-state index in [-0.39, 0.29) is 0 Å². The van der Waals surface area contributed by atoms with E-state index in [0.29, 0.717) is 5.88 Å². The van der Waals surface area contributed by atoms with Crippen LogP contribution in [0, 0.1) is 0 Å². The van der Waals surface area contributed by atoms with Gasteiger partial charge >= 0.3 is 0 Å². The molecule has 1 rings (SSSR count). The van der Waals surface area contributed by atoms with Crippen molar-refractivity contribution >= 4 is 23.2 Å². The van der Waals surface area contributed by atoms with E-state index in [1.165, 1.54) is 0 Å². The Morgan fingerprint density at radius 3 is 1.86 bits per heavy atom. The maximum absolute atomic E-state index is 5.63. The molecule has 0 atom stereocenters. The van der Waals surface area contributed by atoms with Gasteiger partial charge in [-0.1, -0.05) is 23.7 Å². The van der Waals surface area contributed by atoms with E-state index < -0.39 is 0 Å². The van der Waals surface area contributed by atoms with Crippen molar-refractivity contribution in [3.05, 3.63) is 34.9 Å². The first-order valence-electron chi connectivity index (χ1n) is 4.62. The Labute approximate surface area is 96.0 Å². The van der Waals surface area contributed by atoms with Crippen molar-refractivity contribution in [2.24, 2.45) is 0 Å². The van der Waals surface area contributed by atoms with Gasteiger partial charge in [-0.05, 0) is 31.5 Å². The molecular weight excluding hydrogens is 219 g/mol. The first-order valence-corrected chi connectivity index (χ1v) is 5.54. The predicted octanol–water partition coefficient (Wildman–Crippen LogP) is 4.12. The lowest BCUT2D eigenvalue weighted by molar-refractivity contribution is 0.162. The molecule has 0 saturated heterocycles. The monoisotopic (exact) mass is 234 g/mol. The zero-order valence-electron chi connectivity index (χ0n) is 8.59. The van der Waals surface area contributed by atoms with Gasteiger partial charge in [0.2, 0.25) is 0 Å². The first kappa shape index (κ1) is 13.8. The van der Waals surface area contributed by atoms with Crippen LogP contribution < -0.4 is 0 Å². The van der Waals surface area contributed by atoms with Crippen LogP contribution >= 0.6 is 23.2 Å². The van der Waals surface area contributed by atoms with Gasteiger partial charge in [-0.3, -0.25) is 0 Å². The van der Waals surface area contributed by atoms with Crippen LogP contribution in [0.4, 0.5) is 0 Å². The summed E-state index contributed by atoms with van der Waals surface area (Å²) >= 11 is 11.2. The normalized spacial score (nSPS) is 9.14. The molecular formula is C11H16Cl2O. The van der Waals surface area contributed by atoms with Crippen molar-refractivity contribution in [2.75, 3.05) is 13.2 Å².